The first-order chi connectivity index (χ1) is 15.0. The molecule has 3 aliphatic heterocycles. The Morgan fingerprint density at radius 1 is 1.23 bits per heavy atom. The van der Waals surface area contributed by atoms with Crippen LogP contribution in [0.1, 0.15) is 24.8 Å². The summed E-state index contributed by atoms with van der Waals surface area (Å²) in [6.07, 6.45) is 2.66. The predicted molar refractivity (Wildman–Crippen MR) is 120 cm³/mol. The van der Waals surface area contributed by atoms with Crippen molar-refractivity contribution in [2.75, 3.05) is 31.4 Å². The quantitative estimate of drug-likeness (QED) is 0.689. The lowest BCUT2D eigenvalue weighted by atomic mass is 9.78. The SMILES string of the molecule is COc1ccc(OC)c(NC(=O)[C@@H]2C[C@@H]3CCCN3[C@]23C(=O)Nc2ccc(Br)cc23)c1. The first kappa shape index (κ1) is 20.3. The number of anilines is 2. The molecule has 3 atom stereocenters. The van der Waals surface area contributed by atoms with Crippen LogP contribution in [0.15, 0.2) is 40.9 Å². The molecule has 2 N–H and O–H groups in total. The van der Waals surface area contributed by atoms with Crippen molar-refractivity contribution in [2.45, 2.75) is 30.8 Å². The van der Waals surface area contributed by atoms with Crippen molar-refractivity contribution in [1.82, 2.24) is 4.90 Å². The van der Waals surface area contributed by atoms with Gasteiger partial charge in [0.1, 0.15) is 17.0 Å². The van der Waals surface area contributed by atoms with E-state index in [0.29, 0.717) is 23.6 Å². The van der Waals surface area contributed by atoms with Gasteiger partial charge in [0.2, 0.25) is 11.8 Å². The van der Waals surface area contributed by atoms with Crippen molar-refractivity contribution >= 4 is 39.1 Å². The van der Waals surface area contributed by atoms with Gasteiger partial charge in [0.05, 0.1) is 25.8 Å². The van der Waals surface area contributed by atoms with Gasteiger partial charge in [0.25, 0.3) is 0 Å². The van der Waals surface area contributed by atoms with Crippen LogP contribution in [-0.4, -0.2) is 43.5 Å². The standard InChI is InChI=1S/C23H24BrN3O4/c1-30-15-6-8-20(31-2)19(12-15)25-21(28)17-11-14-4-3-9-27(14)23(17)16-10-13(24)5-7-18(16)26-22(23)29/h5-8,10,12,14,17H,3-4,9,11H2,1-2H3,(H,25,28)(H,26,29)/t14-,17-,23-/m0/s1. The first-order valence-corrected chi connectivity index (χ1v) is 11.2. The van der Waals surface area contributed by atoms with Crippen LogP contribution in [-0.2, 0) is 15.1 Å². The van der Waals surface area contributed by atoms with Crippen LogP contribution >= 0.6 is 15.9 Å². The number of nitrogens with one attached hydrogen (secondary N) is 2. The van der Waals surface area contributed by atoms with Crippen LogP contribution < -0.4 is 20.1 Å². The Hall–Kier alpha value is -2.58. The van der Waals surface area contributed by atoms with Crippen LogP contribution in [0.3, 0.4) is 0 Å². The number of nitrogens with zero attached hydrogens (tertiary/aromatic N) is 1. The average Bonchev–Trinajstić information content (AvgIpc) is 3.42. The molecule has 2 aromatic carbocycles. The second kappa shape index (κ2) is 7.53. The molecule has 1 spiro atoms. The number of hydrogen-bond donors (Lipinski definition) is 2. The first-order valence-electron chi connectivity index (χ1n) is 10.4. The van der Waals surface area contributed by atoms with E-state index in [1.807, 2.05) is 18.2 Å². The lowest BCUT2D eigenvalue weighted by Crippen LogP contribution is -2.53. The maximum absolute atomic E-state index is 13.7. The predicted octanol–water partition coefficient (Wildman–Crippen LogP) is 3.74. The summed E-state index contributed by atoms with van der Waals surface area (Å²) in [5.74, 6) is 0.322. The van der Waals surface area contributed by atoms with E-state index < -0.39 is 11.5 Å². The molecule has 0 saturated carbocycles. The number of ether oxygens (including phenoxy) is 2. The largest absolute Gasteiger partial charge is 0.497 e. The molecule has 0 radical (unpaired) electrons. The van der Waals surface area contributed by atoms with E-state index in [-0.39, 0.29) is 17.9 Å². The Kier molecular flexibility index (Phi) is 4.94. The van der Waals surface area contributed by atoms with E-state index in [4.69, 9.17) is 9.47 Å². The molecule has 3 heterocycles. The fourth-order valence-corrected chi connectivity index (χ4v) is 5.89. The van der Waals surface area contributed by atoms with Crippen LogP contribution in [0, 0.1) is 5.92 Å². The van der Waals surface area contributed by atoms with Crippen molar-refractivity contribution in [3.63, 3.8) is 0 Å². The van der Waals surface area contributed by atoms with E-state index in [1.165, 1.54) is 0 Å². The van der Waals surface area contributed by atoms with Gasteiger partial charge in [-0.25, -0.2) is 0 Å². The Morgan fingerprint density at radius 3 is 2.84 bits per heavy atom. The molecule has 2 aromatic rings. The van der Waals surface area contributed by atoms with Gasteiger partial charge in [-0.2, -0.15) is 0 Å². The molecule has 2 saturated heterocycles. The number of carbonyl (C=O) groups is 2. The highest BCUT2D eigenvalue weighted by atomic mass is 79.9. The van der Waals surface area contributed by atoms with E-state index in [1.54, 1.807) is 32.4 Å². The molecule has 162 valence electrons. The Morgan fingerprint density at radius 2 is 2.06 bits per heavy atom. The molecular formula is C23H24BrN3O4. The molecule has 8 heteroatoms. The van der Waals surface area contributed by atoms with E-state index >= 15 is 0 Å². The Bertz CT molecular complexity index is 1070. The number of amides is 2. The molecule has 2 amide bonds. The monoisotopic (exact) mass is 485 g/mol. The number of halogens is 1. The maximum atomic E-state index is 13.7. The van der Waals surface area contributed by atoms with Gasteiger partial charge < -0.3 is 20.1 Å². The van der Waals surface area contributed by atoms with Gasteiger partial charge in [0.15, 0.2) is 0 Å². The topological polar surface area (TPSA) is 79.9 Å². The zero-order valence-corrected chi connectivity index (χ0v) is 19.0. The summed E-state index contributed by atoms with van der Waals surface area (Å²) in [4.78, 5) is 29.4. The van der Waals surface area contributed by atoms with Gasteiger partial charge in [-0.3, -0.25) is 14.5 Å². The van der Waals surface area contributed by atoms with Gasteiger partial charge >= 0.3 is 0 Å². The minimum absolute atomic E-state index is 0.122. The van der Waals surface area contributed by atoms with Crippen LogP contribution in [0.4, 0.5) is 11.4 Å². The van der Waals surface area contributed by atoms with Gasteiger partial charge in [-0.15, -0.1) is 0 Å². The minimum Gasteiger partial charge on any atom is -0.497 e. The fourth-order valence-electron chi connectivity index (χ4n) is 5.53. The van der Waals surface area contributed by atoms with Crippen molar-refractivity contribution < 1.29 is 19.1 Å². The Labute approximate surface area is 189 Å². The second-order valence-corrected chi connectivity index (χ2v) is 9.16. The number of rotatable bonds is 4. The summed E-state index contributed by atoms with van der Waals surface area (Å²) in [5.41, 5.74) is 1.17. The second-order valence-electron chi connectivity index (χ2n) is 8.24. The van der Waals surface area contributed by atoms with Gasteiger partial charge in [-0.1, -0.05) is 15.9 Å². The highest BCUT2D eigenvalue weighted by Crippen LogP contribution is 2.56. The van der Waals surface area contributed by atoms with E-state index in [2.05, 4.69) is 31.5 Å². The lowest BCUT2D eigenvalue weighted by Gasteiger charge is -2.36. The van der Waals surface area contributed by atoms with Gasteiger partial charge in [0, 0.05) is 27.8 Å². The van der Waals surface area contributed by atoms with Crippen molar-refractivity contribution in [3.8, 4) is 11.5 Å². The zero-order valence-electron chi connectivity index (χ0n) is 17.4. The smallest absolute Gasteiger partial charge is 0.250 e. The molecule has 0 unspecified atom stereocenters. The summed E-state index contributed by atoms with van der Waals surface area (Å²) in [5, 5.41) is 6.06. The number of carbonyl (C=O) groups excluding carboxylic acids is 2. The van der Waals surface area contributed by atoms with Crippen LogP contribution in [0.2, 0.25) is 0 Å². The summed E-state index contributed by atoms with van der Waals surface area (Å²) in [6, 6.07) is 11.3. The van der Waals surface area contributed by atoms with Crippen molar-refractivity contribution in [1.29, 1.82) is 0 Å². The molecule has 0 bridgehead atoms. The third-order valence-electron chi connectivity index (χ3n) is 6.81. The molecule has 31 heavy (non-hydrogen) atoms. The minimum atomic E-state index is -1.00. The average molecular weight is 486 g/mol. The van der Waals surface area contributed by atoms with Crippen molar-refractivity contribution in [3.05, 3.63) is 46.4 Å². The van der Waals surface area contributed by atoms with Gasteiger partial charge in [-0.05, 0) is 56.1 Å². The summed E-state index contributed by atoms with van der Waals surface area (Å²) < 4.78 is 11.6. The molecule has 5 rings (SSSR count). The zero-order chi connectivity index (χ0) is 21.8. The number of benzene rings is 2. The Balaban J connectivity index is 1.57. The van der Waals surface area contributed by atoms with Crippen LogP contribution in [0.5, 0.6) is 11.5 Å². The number of methoxy groups -OCH3 is 2. The van der Waals surface area contributed by atoms with E-state index in [9.17, 15) is 9.59 Å². The normalized spacial score (nSPS) is 26.5. The third kappa shape index (κ3) is 2.96. The molecule has 0 aliphatic carbocycles. The summed E-state index contributed by atoms with van der Waals surface area (Å²) >= 11 is 3.54. The van der Waals surface area contributed by atoms with E-state index in [0.717, 1.165) is 35.1 Å². The maximum Gasteiger partial charge on any atom is 0.250 e. The number of hydrogen-bond acceptors (Lipinski definition) is 5. The highest BCUT2D eigenvalue weighted by Gasteiger charge is 2.65. The molecule has 3 aliphatic rings. The molecule has 0 aromatic heterocycles. The fraction of sp³-hybridized carbons (Fsp3) is 0.391. The number of fused-ring (bicyclic) bond motifs is 4. The molecule has 2 fully saturated rings. The summed E-state index contributed by atoms with van der Waals surface area (Å²) in [6.45, 7) is 0.802. The molecular weight excluding hydrogens is 462 g/mol. The van der Waals surface area contributed by atoms with Crippen molar-refractivity contribution in [2.24, 2.45) is 5.92 Å². The summed E-state index contributed by atoms with van der Waals surface area (Å²) in [7, 11) is 3.13. The lowest BCUT2D eigenvalue weighted by molar-refractivity contribution is -0.135. The van der Waals surface area contributed by atoms with Crippen LogP contribution in [0.25, 0.3) is 0 Å². The third-order valence-corrected chi connectivity index (χ3v) is 7.30. The highest BCUT2D eigenvalue weighted by molar-refractivity contribution is 9.10. The molecule has 7 nitrogen and oxygen atoms in total.